The maximum atomic E-state index is 11.8. The van der Waals surface area contributed by atoms with Crippen LogP contribution >= 0.6 is 18.7 Å². The van der Waals surface area contributed by atoms with Crippen molar-refractivity contribution in [1.29, 1.82) is 0 Å². The predicted octanol–water partition coefficient (Wildman–Crippen LogP) is 0.904. The SMILES string of the molecule is CCO/N=C(\C(=O)OS(C)(=O)=O)c1nsc(CP(C)(C)=O)n1. The summed E-state index contributed by atoms with van der Waals surface area (Å²) in [5, 5.41) is 3.94. The van der Waals surface area contributed by atoms with Crippen molar-refractivity contribution in [2.75, 3.05) is 26.2 Å². The minimum absolute atomic E-state index is 0.129. The fourth-order valence-corrected chi connectivity index (χ4v) is 3.90. The van der Waals surface area contributed by atoms with E-state index in [1.54, 1.807) is 20.3 Å². The number of hydrogen-bond donors (Lipinski definition) is 0. The molecule has 0 saturated heterocycles. The highest BCUT2D eigenvalue weighted by molar-refractivity contribution is 7.86. The van der Waals surface area contributed by atoms with Crippen LogP contribution in [0, 0.1) is 0 Å². The lowest BCUT2D eigenvalue weighted by atomic mass is 10.4. The van der Waals surface area contributed by atoms with Gasteiger partial charge in [0.15, 0.2) is 0 Å². The maximum Gasteiger partial charge on any atom is 0.379 e. The van der Waals surface area contributed by atoms with Gasteiger partial charge in [-0.2, -0.15) is 12.8 Å². The molecule has 0 atom stereocenters. The molecule has 22 heavy (non-hydrogen) atoms. The number of rotatable bonds is 7. The molecule has 0 aliphatic carbocycles. The first-order valence-electron chi connectivity index (χ1n) is 6.02. The lowest BCUT2D eigenvalue weighted by Crippen LogP contribution is -2.23. The Morgan fingerprint density at radius 2 is 2.05 bits per heavy atom. The quantitative estimate of drug-likeness (QED) is 0.300. The third kappa shape index (κ3) is 6.63. The van der Waals surface area contributed by atoms with Crippen molar-refractivity contribution >= 4 is 40.5 Å². The summed E-state index contributed by atoms with van der Waals surface area (Å²) >= 11 is 0.947. The summed E-state index contributed by atoms with van der Waals surface area (Å²) in [6, 6.07) is 0. The second kappa shape index (κ2) is 7.30. The highest BCUT2D eigenvalue weighted by atomic mass is 32.2. The van der Waals surface area contributed by atoms with Gasteiger partial charge >= 0.3 is 16.1 Å². The Hall–Kier alpha value is -1.32. The van der Waals surface area contributed by atoms with Crippen molar-refractivity contribution in [3.8, 4) is 0 Å². The van der Waals surface area contributed by atoms with Crippen molar-refractivity contribution in [1.82, 2.24) is 9.36 Å². The average molecular weight is 369 g/mol. The molecular weight excluding hydrogens is 353 g/mol. The van der Waals surface area contributed by atoms with E-state index in [1.165, 1.54) is 0 Å². The van der Waals surface area contributed by atoms with E-state index >= 15 is 0 Å². The summed E-state index contributed by atoms with van der Waals surface area (Å²) in [7, 11) is -6.36. The van der Waals surface area contributed by atoms with E-state index in [9.17, 15) is 17.8 Å². The largest absolute Gasteiger partial charge is 0.395 e. The molecule has 0 aromatic carbocycles. The summed E-state index contributed by atoms with van der Waals surface area (Å²) in [5.74, 6) is -1.37. The van der Waals surface area contributed by atoms with Gasteiger partial charge < -0.3 is 13.6 Å². The Labute approximate surface area is 132 Å². The molecule has 1 heterocycles. The Balaban J connectivity index is 3.08. The van der Waals surface area contributed by atoms with Gasteiger partial charge in [0.1, 0.15) is 11.6 Å². The molecule has 0 radical (unpaired) electrons. The van der Waals surface area contributed by atoms with Crippen LogP contribution in [0.4, 0.5) is 0 Å². The highest BCUT2D eigenvalue weighted by Gasteiger charge is 2.26. The molecule has 0 amide bonds. The number of aromatic nitrogens is 2. The Morgan fingerprint density at radius 3 is 2.55 bits per heavy atom. The molecule has 1 aromatic rings. The molecule has 0 fully saturated rings. The monoisotopic (exact) mass is 369 g/mol. The van der Waals surface area contributed by atoms with Crippen molar-refractivity contribution in [3.63, 3.8) is 0 Å². The number of nitrogens with zero attached hydrogens (tertiary/aromatic N) is 3. The molecule has 124 valence electrons. The lowest BCUT2D eigenvalue weighted by Gasteiger charge is -2.02. The van der Waals surface area contributed by atoms with Crippen LogP contribution in [0.15, 0.2) is 5.16 Å². The molecule has 12 heteroatoms. The molecule has 0 bridgehead atoms. The molecule has 0 N–H and O–H groups in total. The van der Waals surface area contributed by atoms with Gasteiger partial charge in [0, 0.05) is 0 Å². The summed E-state index contributed by atoms with van der Waals surface area (Å²) in [6.45, 7) is 4.99. The number of oxime groups is 1. The summed E-state index contributed by atoms with van der Waals surface area (Å²) in [5.41, 5.74) is -0.461. The predicted molar refractivity (Wildman–Crippen MR) is 82.2 cm³/mol. The van der Waals surface area contributed by atoms with E-state index in [0.717, 1.165) is 17.8 Å². The van der Waals surface area contributed by atoms with E-state index in [0.29, 0.717) is 5.01 Å². The van der Waals surface area contributed by atoms with Crippen molar-refractivity contribution < 1.29 is 26.8 Å². The maximum absolute atomic E-state index is 11.8. The third-order valence-corrected chi connectivity index (χ3v) is 4.34. The van der Waals surface area contributed by atoms with Crippen LogP contribution in [0.25, 0.3) is 0 Å². The normalized spacial score (nSPS) is 13.0. The molecule has 0 saturated carbocycles. The summed E-state index contributed by atoms with van der Waals surface area (Å²) in [4.78, 5) is 20.6. The summed E-state index contributed by atoms with van der Waals surface area (Å²) in [6.07, 6.45) is 0.946. The topological polar surface area (TPSA) is 125 Å². The van der Waals surface area contributed by atoms with Crippen molar-refractivity contribution in [2.45, 2.75) is 13.1 Å². The van der Waals surface area contributed by atoms with Crippen LogP contribution in [-0.2, 0) is 34.7 Å². The third-order valence-electron chi connectivity index (χ3n) is 1.90. The van der Waals surface area contributed by atoms with E-state index in [2.05, 4.69) is 18.7 Å². The van der Waals surface area contributed by atoms with Crippen LogP contribution in [0.3, 0.4) is 0 Å². The second-order valence-corrected chi connectivity index (χ2v) is 10.6. The summed E-state index contributed by atoms with van der Waals surface area (Å²) < 4.78 is 42.0. The lowest BCUT2D eigenvalue weighted by molar-refractivity contribution is -0.126. The Morgan fingerprint density at radius 1 is 1.41 bits per heavy atom. The second-order valence-electron chi connectivity index (χ2n) is 4.68. The standard InChI is InChI=1S/C10H16N3O6PS2/c1-5-18-12-8(10(14)19-22(4,16)17)9-11-7(21-13-9)6-20(2,3)15/h5-6H2,1-4H3/b12-8-. The minimum Gasteiger partial charge on any atom is -0.395 e. The molecule has 9 nitrogen and oxygen atoms in total. The fourth-order valence-electron chi connectivity index (χ4n) is 1.22. The molecule has 1 rings (SSSR count). The zero-order valence-electron chi connectivity index (χ0n) is 12.5. The molecule has 1 aromatic heterocycles. The van der Waals surface area contributed by atoms with E-state index in [-0.39, 0.29) is 18.6 Å². The van der Waals surface area contributed by atoms with Gasteiger partial charge in [-0.15, -0.1) is 0 Å². The van der Waals surface area contributed by atoms with Crippen LogP contribution in [-0.4, -0.2) is 55.6 Å². The van der Waals surface area contributed by atoms with E-state index < -0.39 is 28.9 Å². The Kier molecular flexibility index (Phi) is 6.21. The highest BCUT2D eigenvalue weighted by Crippen LogP contribution is 2.40. The van der Waals surface area contributed by atoms with Crippen LogP contribution in [0.1, 0.15) is 17.8 Å². The van der Waals surface area contributed by atoms with Gasteiger partial charge in [-0.05, 0) is 31.8 Å². The number of carbonyl (C=O) groups is 1. The molecule has 0 spiro atoms. The van der Waals surface area contributed by atoms with Gasteiger partial charge in [-0.3, -0.25) is 0 Å². The van der Waals surface area contributed by atoms with Gasteiger partial charge in [-0.25, -0.2) is 9.78 Å². The van der Waals surface area contributed by atoms with Crippen LogP contribution in [0.2, 0.25) is 0 Å². The van der Waals surface area contributed by atoms with Gasteiger partial charge in [0.25, 0.3) is 0 Å². The van der Waals surface area contributed by atoms with Crippen molar-refractivity contribution in [2.24, 2.45) is 5.16 Å². The first-order chi connectivity index (χ1) is 10.0. The number of carbonyl (C=O) groups excluding carboxylic acids is 1. The molecule has 0 aliphatic rings. The van der Waals surface area contributed by atoms with Crippen LogP contribution in [0.5, 0.6) is 0 Å². The van der Waals surface area contributed by atoms with Crippen LogP contribution < -0.4 is 0 Å². The van der Waals surface area contributed by atoms with E-state index in [1.807, 2.05) is 0 Å². The average Bonchev–Trinajstić information content (AvgIpc) is 2.73. The number of hydrogen-bond acceptors (Lipinski definition) is 10. The zero-order chi connectivity index (χ0) is 17.0. The zero-order valence-corrected chi connectivity index (χ0v) is 15.0. The van der Waals surface area contributed by atoms with E-state index in [4.69, 9.17) is 4.84 Å². The van der Waals surface area contributed by atoms with Gasteiger partial charge in [0.05, 0.1) is 19.6 Å². The Bertz CT molecular complexity index is 721. The first-order valence-corrected chi connectivity index (χ1v) is 11.4. The van der Waals surface area contributed by atoms with Crippen molar-refractivity contribution in [3.05, 3.63) is 10.8 Å². The minimum atomic E-state index is -4.01. The fraction of sp³-hybridized carbons (Fsp3) is 0.600. The first kappa shape index (κ1) is 18.7. The van der Waals surface area contributed by atoms with Gasteiger partial charge in [-0.1, -0.05) is 5.16 Å². The van der Waals surface area contributed by atoms with Gasteiger partial charge in [0.2, 0.25) is 11.5 Å². The molecular formula is C10H16N3O6PS2. The molecule has 0 unspecified atom stereocenters. The molecule has 0 aliphatic heterocycles. The smallest absolute Gasteiger partial charge is 0.379 e.